The maximum atomic E-state index is 2.12. The minimum Gasteiger partial charge on any atom is -0.412 e. The Balaban J connectivity index is -0.0000000233. The van der Waals surface area contributed by atoms with E-state index in [9.17, 15) is 0 Å². The number of hydrogen-bond acceptors (Lipinski definition) is 1. The first-order chi connectivity index (χ1) is 3.15. The summed E-state index contributed by atoms with van der Waals surface area (Å²) in [6.45, 7) is 4.25. The van der Waals surface area contributed by atoms with Gasteiger partial charge in [-0.25, -0.2) is 0 Å². The van der Waals surface area contributed by atoms with Crippen molar-refractivity contribution in [1.82, 2.24) is 4.90 Å². The summed E-state index contributed by atoms with van der Waals surface area (Å²) >= 11 is 0. The second kappa shape index (κ2) is 24.1. The highest BCUT2D eigenvalue weighted by molar-refractivity contribution is 5.85. The second-order valence-electron chi connectivity index (χ2n) is 2.05. The van der Waals surface area contributed by atoms with Crippen LogP contribution >= 0.6 is 12.4 Å². The van der Waals surface area contributed by atoms with E-state index in [0.717, 1.165) is 0 Å². The van der Waals surface area contributed by atoms with Gasteiger partial charge in [0.25, 0.3) is 0 Å². The van der Waals surface area contributed by atoms with Gasteiger partial charge in [0, 0.05) is 0 Å². The van der Waals surface area contributed by atoms with E-state index in [2.05, 4.69) is 13.8 Å². The average Bonchev–Trinajstić information content (AvgIpc) is 1.33. The maximum absolute atomic E-state index is 2.12. The molecule has 0 bridgehead atoms. The fourth-order valence-corrected chi connectivity index (χ4v) is 0. The summed E-state index contributed by atoms with van der Waals surface area (Å²) in [6.07, 6.45) is 1.25. The number of nitrogens with zero attached hydrogens (tertiary/aromatic N) is 1. The molecule has 2 N–H and O–H groups in total. The largest absolute Gasteiger partial charge is 0.412 e. The lowest BCUT2D eigenvalue weighted by atomic mass is 10.6. The normalized spacial score (nSPS) is 6.00. The molecule has 0 amide bonds. The van der Waals surface area contributed by atoms with Crippen molar-refractivity contribution >= 4 is 12.4 Å². The van der Waals surface area contributed by atoms with E-state index in [1.165, 1.54) is 6.42 Å². The van der Waals surface area contributed by atoms with Gasteiger partial charge in [0.15, 0.2) is 0 Å². The van der Waals surface area contributed by atoms with Gasteiger partial charge in [-0.05, 0) is 21.1 Å². The number of rotatable bonds is 0. The third-order valence-corrected chi connectivity index (χ3v) is 0. The van der Waals surface area contributed by atoms with Crippen LogP contribution in [0, 0.1) is 0 Å². The highest BCUT2D eigenvalue weighted by atomic mass is 35.5. The highest BCUT2D eigenvalue weighted by Crippen LogP contribution is 1.56. The Morgan fingerprint density at radius 2 is 1.00 bits per heavy atom. The summed E-state index contributed by atoms with van der Waals surface area (Å²) in [5.41, 5.74) is 0. The van der Waals surface area contributed by atoms with Crippen LogP contribution < -0.4 is 0 Å². The van der Waals surface area contributed by atoms with Crippen LogP contribution in [0.2, 0.25) is 0 Å². The Morgan fingerprint density at radius 3 is 1.00 bits per heavy atom. The fourth-order valence-electron chi connectivity index (χ4n) is 0. The molecule has 0 unspecified atom stereocenters. The van der Waals surface area contributed by atoms with Gasteiger partial charge in [-0.15, -0.1) is 12.4 Å². The van der Waals surface area contributed by atoms with E-state index in [-0.39, 0.29) is 17.9 Å². The van der Waals surface area contributed by atoms with Crippen molar-refractivity contribution in [1.29, 1.82) is 0 Å². The van der Waals surface area contributed by atoms with Gasteiger partial charge in [0.1, 0.15) is 0 Å². The summed E-state index contributed by atoms with van der Waals surface area (Å²) < 4.78 is 0. The molecular weight excluding hydrogens is 138 g/mol. The van der Waals surface area contributed by atoms with Crippen LogP contribution in [-0.4, -0.2) is 31.5 Å². The molecule has 0 aliphatic carbocycles. The van der Waals surface area contributed by atoms with Gasteiger partial charge in [-0.3, -0.25) is 0 Å². The quantitative estimate of drug-likeness (QED) is 0.520. The van der Waals surface area contributed by atoms with Crippen molar-refractivity contribution in [2.75, 3.05) is 21.1 Å². The predicted octanol–water partition coefficient (Wildman–Crippen LogP) is 1.19. The molecule has 0 aliphatic heterocycles. The summed E-state index contributed by atoms with van der Waals surface area (Å²) in [6, 6.07) is 0. The molecule has 0 spiro atoms. The van der Waals surface area contributed by atoms with Gasteiger partial charge >= 0.3 is 0 Å². The van der Waals surface area contributed by atoms with E-state index in [0.29, 0.717) is 0 Å². The predicted molar refractivity (Wildman–Crippen MR) is 46.4 cm³/mol. The average molecular weight is 158 g/mol. The molecule has 0 radical (unpaired) electrons. The molecule has 0 rings (SSSR count). The Labute approximate surface area is 65.0 Å². The zero-order valence-corrected chi connectivity index (χ0v) is 7.88. The van der Waals surface area contributed by atoms with Crippen molar-refractivity contribution in [3.05, 3.63) is 0 Å². The molecule has 0 saturated carbocycles. The minimum atomic E-state index is 0. The van der Waals surface area contributed by atoms with Gasteiger partial charge in [0.05, 0.1) is 0 Å². The molecule has 0 aromatic rings. The molecular formula is C6H20ClNO. The van der Waals surface area contributed by atoms with Crippen molar-refractivity contribution in [2.24, 2.45) is 0 Å². The Hall–Kier alpha value is 0.210. The lowest BCUT2D eigenvalue weighted by Crippen LogP contribution is -1.99. The van der Waals surface area contributed by atoms with Crippen LogP contribution in [0.1, 0.15) is 20.3 Å². The molecule has 0 fully saturated rings. The molecule has 0 aliphatic rings. The van der Waals surface area contributed by atoms with Gasteiger partial charge < -0.3 is 10.4 Å². The van der Waals surface area contributed by atoms with Crippen LogP contribution in [0.3, 0.4) is 0 Å². The standard InChI is InChI=1S/C3H9N.C3H8.ClH.H2O/c1-4(2)3;1-3-2;;/h1-3H3;3H2,1-2H3;1H;1H2. The topological polar surface area (TPSA) is 34.7 Å². The van der Waals surface area contributed by atoms with Gasteiger partial charge in [0.2, 0.25) is 0 Å². The summed E-state index contributed by atoms with van der Waals surface area (Å²) in [4.78, 5) is 2.00. The van der Waals surface area contributed by atoms with Crippen LogP contribution in [0.5, 0.6) is 0 Å². The van der Waals surface area contributed by atoms with Crippen LogP contribution in [0.4, 0.5) is 0 Å². The molecule has 0 aromatic heterocycles. The lowest BCUT2D eigenvalue weighted by molar-refractivity contribution is 0.505. The molecule has 0 saturated heterocycles. The maximum Gasteiger partial charge on any atom is -0.0140 e. The number of hydrogen-bond donors (Lipinski definition) is 0. The van der Waals surface area contributed by atoms with Crippen molar-refractivity contribution in [3.8, 4) is 0 Å². The fraction of sp³-hybridized carbons (Fsp3) is 1.00. The van der Waals surface area contributed by atoms with Crippen LogP contribution in [0.15, 0.2) is 0 Å². The molecule has 0 atom stereocenters. The van der Waals surface area contributed by atoms with Gasteiger partial charge in [-0.2, -0.15) is 0 Å². The van der Waals surface area contributed by atoms with Crippen molar-refractivity contribution < 1.29 is 5.48 Å². The first-order valence-electron chi connectivity index (χ1n) is 2.76. The van der Waals surface area contributed by atoms with E-state index < -0.39 is 0 Å². The highest BCUT2D eigenvalue weighted by Gasteiger charge is 1.58. The Kier molecular flexibility index (Phi) is 61.2. The van der Waals surface area contributed by atoms with Crippen LogP contribution in [-0.2, 0) is 0 Å². The van der Waals surface area contributed by atoms with Crippen molar-refractivity contribution in [3.63, 3.8) is 0 Å². The van der Waals surface area contributed by atoms with Crippen LogP contribution in [0.25, 0.3) is 0 Å². The zero-order chi connectivity index (χ0) is 6.28. The smallest absolute Gasteiger partial charge is 0.0140 e. The lowest BCUT2D eigenvalue weighted by Gasteiger charge is -1.90. The van der Waals surface area contributed by atoms with Gasteiger partial charge in [-0.1, -0.05) is 20.3 Å². The zero-order valence-electron chi connectivity index (χ0n) is 7.06. The van der Waals surface area contributed by atoms with E-state index in [1.807, 2.05) is 26.0 Å². The molecule has 0 aromatic carbocycles. The SMILES string of the molecule is CCC.CN(C)C.Cl.O. The first-order valence-corrected chi connectivity index (χ1v) is 2.76. The Morgan fingerprint density at radius 1 is 1.00 bits per heavy atom. The molecule has 62 valence electrons. The molecule has 3 heteroatoms. The van der Waals surface area contributed by atoms with E-state index >= 15 is 0 Å². The summed E-state index contributed by atoms with van der Waals surface area (Å²) in [5, 5.41) is 0. The summed E-state index contributed by atoms with van der Waals surface area (Å²) in [7, 11) is 6.00. The first kappa shape index (κ1) is 22.9. The third kappa shape index (κ3) is 7180. The van der Waals surface area contributed by atoms with E-state index in [4.69, 9.17) is 0 Å². The monoisotopic (exact) mass is 157 g/mol. The van der Waals surface area contributed by atoms with E-state index in [1.54, 1.807) is 0 Å². The molecule has 2 nitrogen and oxygen atoms in total. The number of halogens is 1. The molecule has 9 heavy (non-hydrogen) atoms. The Bertz CT molecular complexity index is 24.3. The third-order valence-electron chi connectivity index (χ3n) is 0. The molecule has 0 heterocycles. The summed E-state index contributed by atoms with van der Waals surface area (Å²) in [5.74, 6) is 0. The second-order valence-corrected chi connectivity index (χ2v) is 2.05. The minimum absolute atomic E-state index is 0. The van der Waals surface area contributed by atoms with Crippen molar-refractivity contribution in [2.45, 2.75) is 20.3 Å².